The number of amides is 1. The quantitative estimate of drug-likeness (QED) is 0.0522. The molecule has 23 heteroatoms. The van der Waals surface area contributed by atoms with Gasteiger partial charge in [0.25, 0.3) is 46.4 Å². The summed E-state index contributed by atoms with van der Waals surface area (Å²) in [5, 5.41) is 11.7. The Kier molecular flexibility index (Phi) is 13.8. The second-order valence-corrected chi connectivity index (χ2v) is 19.9. The number of hydrogen-bond acceptors (Lipinski definition) is 13. The van der Waals surface area contributed by atoms with E-state index in [0.717, 1.165) is 12.1 Å². The number of aliphatic carboxylic acids is 1. The van der Waals surface area contributed by atoms with Gasteiger partial charge < -0.3 is 19.7 Å². The van der Waals surface area contributed by atoms with Gasteiger partial charge in [0, 0.05) is 55.2 Å². The van der Waals surface area contributed by atoms with Crippen molar-refractivity contribution in [1.82, 2.24) is 4.90 Å². The smallest absolute Gasteiger partial charge is 0.303 e. The van der Waals surface area contributed by atoms with Gasteiger partial charge in [-0.15, -0.1) is 0 Å². The van der Waals surface area contributed by atoms with E-state index in [4.69, 9.17) is 9.52 Å². The number of rotatable bonds is 17. The van der Waals surface area contributed by atoms with Crippen molar-refractivity contribution < 1.29 is 71.0 Å². The largest absolute Gasteiger partial charge is 0.481 e. The number of carbonyl (C=O) groups is 2. The normalized spacial score (nSPS) is 12.7. The first-order valence-corrected chi connectivity index (χ1v) is 24.7. The van der Waals surface area contributed by atoms with E-state index in [0.29, 0.717) is 11.1 Å². The molecule has 1 aliphatic heterocycles. The molecule has 0 atom stereocenters. The Morgan fingerprint density at radius 2 is 1.25 bits per heavy atom. The van der Waals surface area contributed by atoms with Gasteiger partial charge in [0.1, 0.15) is 0 Å². The number of nitrogens with zero attached hydrogens (tertiary/aromatic N) is 2. The van der Waals surface area contributed by atoms with Crippen molar-refractivity contribution >= 4 is 69.0 Å². The summed E-state index contributed by atoms with van der Waals surface area (Å²) < 4.78 is 146. The number of carboxylic acids is 1. The molecule has 0 unspecified atom stereocenters. The predicted molar refractivity (Wildman–Crippen MR) is 231 cm³/mol. The number of anilines is 1. The number of carbonyl (C=O) groups excluding carboxylic acids is 1. The summed E-state index contributed by atoms with van der Waals surface area (Å²) in [4.78, 5) is 28.4. The first-order valence-electron chi connectivity index (χ1n) is 18.9. The van der Waals surface area contributed by atoms with Gasteiger partial charge in [0.15, 0.2) is 21.1 Å². The van der Waals surface area contributed by atoms with E-state index < -0.39 is 73.5 Å². The summed E-state index contributed by atoms with van der Waals surface area (Å²) in [5.74, 6) is -2.28. The molecule has 4 aromatic rings. The molecule has 6 N–H and O–H groups in total. The second-order valence-electron chi connectivity index (χ2n) is 14.4. The van der Waals surface area contributed by atoms with Crippen LogP contribution in [0.1, 0.15) is 34.3 Å². The van der Waals surface area contributed by atoms with Crippen molar-refractivity contribution in [3.8, 4) is 22.5 Å². The molecule has 6 rings (SSSR count). The topological polar surface area (TPSA) is 313 Å². The average molecular weight is 958 g/mol. The van der Waals surface area contributed by atoms with Gasteiger partial charge in [-0.05, 0) is 90.6 Å². The monoisotopic (exact) mass is 957 g/mol. The third kappa shape index (κ3) is 10.8. The molecule has 0 spiro atoms. The molecule has 64 heavy (non-hydrogen) atoms. The van der Waals surface area contributed by atoms with Crippen molar-refractivity contribution in [1.29, 1.82) is 0 Å². The Morgan fingerprint density at radius 1 is 0.672 bits per heavy atom. The van der Waals surface area contributed by atoms with E-state index in [2.05, 4.69) is 10.3 Å². The van der Waals surface area contributed by atoms with E-state index in [1.807, 2.05) is 0 Å². The maximum atomic E-state index is 14.0. The highest BCUT2D eigenvalue weighted by Crippen LogP contribution is 2.46. The Labute approximate surface area is 367 Å². The van der Waals surface area contributed by atoms with Gasteiger partial charge in [-0.1, -0.05) is 42.5 Å². The lowest BCUT2D eigenvalue weighted by molar-refractivity contribution is -0.137. The molecule has 1 amide bonds. The Morgan fingerprint density at radius 3 is 1.81 bits per heavy atom. The number of fused-ring (bicyclic) bond motifs is 2. The summed E-state index contributed by atoms with van der Waals surface area (Å²) in [7, 11) is -18.1. The summed E-state index contributed by atoms with van der Waals surface area (Å²) in [5.41, 5.74) is 0.385. The van der Waals surface area contributed by atoms with Crippen LogP contribution >= 0.6 is 0 Å². The lowest BCUT2D eigenvalue weighted by Crippen LogP contribution is -2.28. The molecule has 0 radical (unpaired) electrons. The van der Waals surface area contributed by atoms with Crippen molar-refractivity contribution in [2.24, 2.45) is 4.99 Å². The van der Waals surface area contributed by atoms with Crippen LogP contribution in [-0.2, 0) is 58.1 Å². The number of nitrogens with one attached hydrogen (secondary N) is 1. The fourth-order valence-corrected chi connectivity index (χ4v) is 9.53. The molecule has 1 aliphatic carbocycles. The SMILES string of the molecule is CN(CCCC(=O)O)C(=O)c1ccccc1-c1c2ccc(=NCCc3ccc(S(=O)(=O)O)cc3)c(S(=O)(=O)O)c-2oc2c(S(=O)(=O)O)c(NCCc3ccc(S(=O)(=O)O)cc3)ccc12. The highest BCUT2D eigenvalue weighted by molar-refractivity contribution is 7.86. The zero-order valence-corrected chi connectivity index (χ0v) is 36.7. The summed E-state index contributed by atoms with van der Waals surface area (Å²) in [6.45, 7) is -0.142. The summed E-state index contributed by atoms with van der Waals surface area (Å²) >= 11 is 0. The van der Waals surface area contributed by atoms with Crippen LogP contribution in [0, 0.1) is 0 Å². The Hall–Kier alpha value is -6.05. The number of hydrogen-bond donors (Lipinski definition) is 6. The van der Waals surface area contributed by atoms with Gasteiger partial charge in [-0.25, -0.2) is 0 Å². The Balaban J connectivity index is 1.57. The molecule has 2 aliphatic rings. The minimum atomic E-state index is -5.30. The molecule has 0 saturated heterocycles. The van der Waals surface area contributed by atoms with Crippen LogP contribution in [0.5, 0.6) is 0 Å². The lowest BCUT2D eigenvalue weighted by atomic mass is 9.90. The van der Waals surface area contributed by atoms with Crippen molar-refractivity contribution in [2.75, 3.05) is 32.0 Å². The standard InChI is InChI=1S/C41H39N3O16S4/c1-44(24-4-7-35(45)46)41(47)30-6-3-2-5-29(30)36-31-16-18-33(42-22-20-25-8-12-27(13-9-25)61(48,49)50)39(63(54,55)56)37(31)60-38-32(36)17-19-34(40(38)64(57,58)59)43-23-21-26-10-14-28(15-11-26)62(51,52)53/h2-3,5-6,8-19,42H,4,7,20-24H2,1H3,(H,45,46)(H,48,49,50)(H,51,52,53)(H,54,55,56)(H,57,58,59). The fourth-order valence-electron chi connectivity index (χ4n) is 6.98. The van der Waals surface area contributed by atoms with E-state index in [1.165, 1.54) is 90.8 Å². The van der Waals surface area contributed by atoms with Gasteiger partial charge >= 0.3 is 5.97 Å². The zero-order valence-electron chi connectivity index (χ0n) is 33.4. The average Bonchev–Trinajstić information content (AvgIpc) is 3.21. The second kappa shape index (κ2) is 18.6. The van der Waals surface area contributed by atoms with Crippen molar-refractivity contribution in [2.45, 2.75) is 45.3 Å². The van der Waals surface area contributed by atoms with Crippen LogP contribution in [0.25, 0.3) is 33.4 Å². The third-order valence-corrected chi connectivity index (χ3v) is 13.5. The Bertz CT molecular complexity index is 3280. The van der Waals surface area contributed by atoms with Gasteiger partial charge in [0.2, 0.25) is 0 Å². The van der Waals surface area contributed by atoms with E-state index >= 15 is 0 Å². The van der Waals surface area contributed by atoms with E-state index in [-0.39, 0.29) is 93.8 Å². The van der Waals surface area contributed by atoms with Crippen LogP contribution in [0.4, 0.5) is 5.69 Å². The molecule has 338 valence electrons. The molecular formula is C41H39N3O16S4. The number of benzene rings is 5. The van der Waals surface area contributed by atoms with Gasteiger partial charge in [-0.3, -0.25) is 32.8 Å². The third-order valence-electron chi connectivity index (χ3n) is 9.97. The van der Waals surface area contributed by atoms with Crippen LogP contribution in [0.3, 0.4) is 0 Å². The summed E-state index contributed by atoms with van der Waals surface area (Å²) in [6, 6.07) is 21.7. The molecule has 4 aromatic carbocycles. The minimum absolute atomic E-state index is 0.0203. The molecule has 19 nitrogen and oxygen atoms in total. The molecule has 1 heterocycles. The summed E-state index contributed by atoms with van der Waals surface area (Å²) in [6.07, 6.45) is 0.151. The maximum Gasteiger partial charge on any atom is 0.303 e. The van der Waals surface area contributed by atoms with Crippen LogP contribution in [0.15, 0.2) is 126 Å². The zero-order chi connectivity index (χ0) is 46.8. The fraction of sp³-hybridized carbons (Fsp3) is 0.195. The molecule has 0 saturated carbocycles. The van der Waals surface area contributed by atoms with Crippen LogP contribution < -0.4 is 10.7 Å². The van der Waals surface area contributed by atoms with Crippen LogP contribution in [0.2, 0.25) is 0 Å². The molecule has 0 fully saturated rings. The van der Waals surface area contributed by atoms with Crippen LogP contribution in [-0.4, -0.2) is 100 Å². The molecule has 0 bridgehead atoms. The predicted octanol–water partition coefficient (Wildman–Crippen LogP) is 4.93. The lowest BCUT2D eigenvalue weighted by Gasteiger charge is -2.23. The van der Waals surface area contributed by atoms with Crippen molar-refractivity contribution in [3.05, 3.63) is 119 Å². The van der Waals surface area contributed by atoms with Gasteiger partial charge in [-0.2, -0.15) is 33.7 Å². The molecular weight excluding hydrogens is 919 g/mol. The van der Waals surface area contributed by atoms with E-state index in [1.54, 1.807) is 6.07 Å². The van der Waals surface area contributed by atoms with Gasteiger partial charge in [0.05, 0.1) is 20.8 Å². The van der Waals surface area contributed by atoms with Crippen molar-refractivity contribution in [3.63, 3.8) is 0 Å². The first-order chi connectivity index (χ1) is 29.9. The number of carboxylic acid groups (broad SMARTS) is 1. The molecule has 0 aromatic heterocycles. The highest BCUT2D eigenvalue weighted by atomic mass is 32.2. The maximum absolute atomic E-state index is 14.0. The first kappa shape index (κ1) is 47.4. The van der Waals surface area contributed by atoms with E-state index in [9.17, 15) is 61.5 Å². The minimum Gasteiger partial charge on any atom is -0.481 e. The highest BCUT2D eigenvalue weighted by Gasteiger charge is 2.32.